The second kappa shape index (κ2) is 7.92. The molecule has 2 aliphatic rings. The van der Waals surface area contributed by atoms with Crippen LogP contribution in [0.1, 0.15) is 23.8 Å². The molecule has 0 aliphatic carbocycles. The van der Waals surface area contributed by atoms with Gasteiger partial charge in [-0.2, -0.15) is 0 Å². The molecule has 1 aromatic carbocycles. The van der Waals surface area contributed by atoms with Crippen molar-refractivity contribution in [2.75, 3.05) is 32.8 Å². The lowest BCUT2D eigenvalue weighted by atomic mass is 9.98. The van der Waals surface area contributed by atoms with Crippen molar-refractivity contribution in [3.05, 3.63) is 52.9 Å². The number of carbonyl (C=O) groups excluding carboxylic acids is 1. The number of benzene rings is 1. The number of ether oxygens (including phenoxy) is 1. The van der Waals surface area contributed by atoms with Crippen molar-refractivity contribution >= 4 is 17.5 Å². The number of β-amino-alcohol motifs (C(OH)–C–C–N with tert-alkyl or cyclic N) is 1. The van der Waals surface area contributed by atoms with Crippen LogP contribution in [0.5, 0.6) is 5.75 Å². The SMILES string of the molecule is O=C(COc1ccc(Cl)cc1)N1CCc2occc2C1CN1CCC(O)C1. The zero-order valence-corrected chi connectivity index (χ0v) is 15.8. The predicted molar refractivity (Wildman–Crippen MR) is 101 cm³/mol. The Morgan fingerprint density at radius 3 is 2.81 bits per heavy atom. The number of amides is 1. The number of likely N-dealkylation sites (tertiary alicyclic amines) is 1. The second-order valence-corrected chi connectivity index (χ2v) is 7.53. The fourth-order valence-electron chi connectivity index (χ4n) is 3.87. The lowest BCUT2D eigenvalue weighted by molar-refractivity contribution is -0.136. The first kappa shape index (κ1) is 18.3. The highest BCUT2D eigenvalue weighted by Gasteiger charge is 2.35. The minimum atomic E-state index is -0.283. The van der Waals surface area contributed by atoms with Gasteiger partial charge in [0, 0.05) is 43.2 Å². The summed E-state index contributed by atoms with van der Waals surface area (Å²) in [5, 5.41) is 10.4. The Morgan fingerprint density at radius 1 is 1.26 bits per heavy atom. The van der Waals surface area contributed by atoms with Gasteiger partial charge in [0.1, 0.15) is 11.5 Å². The molecule has 7 heteroatoms. The van der Waals surface area contributed by atoms with Crippen molar-refractivity contribution in [3.63, 3.8) is 0 Å². The molecule has 27 heavy (non-hydrogen) atoms. The Kier molecular flexibility index (Phi) is 5.38. The maximum Gasteiger partial charge on any atom is 0.261 e. The van der Waals surface area contributed by atoms with Gasteiger partial charge in [-0.25, -0.2) is 0 Å². The summed E-state index contributed by atoms with van der Waals surface area (Å²) in [6, 6.07) is 8.85. The Bertz CT molecular complexity index is 792. The zero-order valence-electron chi connectivity index (χ0n) is 15.0. The number of carbonyl (C=O) groups is 1. The molecule has 2 atom stereocenters. The molecule has 144 valence electrons. The fourth-order valence-corrected chi connectivity index (χ4v) is 4.00. The number of halogens is 1. The molecule has 1 saturated heterocycles. The third-order valence-corrected chi connectivity index (χ3v) is 5.52. The van der Waals surface area contributed by atoms with E-state index in [0.717, 1.165) is 24.3 Å². The van der Waals surface area contributed by atoms with E-state index in [2.05, 4.69) is 4.90 Å². The number of fused-ring (bicyclic) bond motifs is 1. The molecule has 0 saturated carbocycles. The minimum Gasteiger partial charge on any atom is -0.484 e. The van der Waals surface area contributed by atoms with Crippen LogP contribution in [0.3, 0.4) is 0 Å². The summed E-state index contributed by atoms with van der Waals surface area (Å²) < 4.78 is 11.2. The normalized spacial score (nSPS) is 22.7. The van der Waals surface area contributed by atoms with Gasteiger partial charge in [-0.3, -0.25) is 9.69 Å². The Morgan fingerprint density at radius 2 is 2.07 bits per heavy atom. The van der Waals surface area contributed by atoms with E-state index in [1.54, 1.807) is 30.5 Å². The molecule has 1 amide bonds. The summed E-state index contributed by atoms with van der Waals surface area (Å²) >= 11 is 5.88. The van der Waals surface area contributed by atoms with Crippen LogP contribution in [0.15, 0.2) is 41.0 Å². The summed E-state index contributed by atoms with van der Waals surface area (Å²) in [6.45, 7) is 2.76. The Hall–Kier alpha value is -2.02. The highest BCUT2D eigenvalue weighted by molar-refractivity contribution is 6.30. The number of hydrogen-bond donors (Lipinski definition) is 1. The van der Waals surface area contributed by atoms with E-state index >= 15 is 0 Å². The van der Waals surface area contributed by atoms with Crippen LogP contribution in [-0.2, 0) is 11.2 Å². The number of rotatable bonds is 5. The summed E-state index contributed by atoms with van der Waals surface area (Å²) in [4.78, 5) is 17.0. The van der Waals surface area contributed by atoms with Crippen LogP contribution >= 0.6 is 11.6 Å². The van der Waals surface area contributed by atoms with Gasteiger partial charge in [0.25, 0.3) is 5.91 Å². The second-order valence-electron chi connectivity index (χ2n) is 7.10. The smallest absolute Gasteiger partial charge is 0.261 e. The summed E-state index contributed by atoms with van der Waals surface area (Å²) in [5.41, 5.74) is 1.06. The van der Waals surface area contributed by atoms with Crippen LogP contribution < -0.4 is 4.74 Å². The van der Waals surface area contributed by atoms with Crippen LogP contribution in [0.4, 0.5) is 0 Å². The zero-order chi connectivity index (χ0) is 18.8. The molecule has 2 aromatic rings. The molecule has 1 fully saturated rings. The first-order chi connectivity index (χ1) is 13.1. The first-order valence-corrected chi connectivity index (χ1v) is 9.62. The highest BCUT2D eigenvalue weighted by atomic mass is 35.5. The molecule has 0 bridgehead atoms. The van der Waals surface area contributed by atoms with Gasteiger partial charge < -0.3 is 19.2 Å². The lowest BCUT2D eigenvalue weighted by Crippen LogP contribution is -2.46. The predicted octanol–water partition coefficient (Wildman–Crippen LogP) is 2.50. The van der Waals surface area contributed by atoms with Crippen molar-refractivity contribution in [2.24, 2.45) is 0 Å². The lowest BCUT2D eigenvalue weighted by Gasteiger charge is -2.37. The minimum absolute atomic E-state index is 0.0199. The Labute approximate surface area is 163 Å². The monoisotopic (exact) mass is 390 g/mol. The van der Waals surface area contributed by atoms with Gasteiger partial charge in [-0.15, -0.1) is 0 Å². The van der Waals surface area contributed by atoms with E-state index in [0.29, 0.717) is 36.8 Å². The van der Waals surface area contributed by atoms with E-state index in [1.165, 1.54) is 0 Å². The number of nitrogens with zero attached hydrogens (tertiary/aromatic N) is 2. The van der Waals surface area contributed by atoms with Gasteiger partial charge in [0.05, 0.1) is 18.4 Å². The molecule has 1 N–H and O–H groups in total. The standard InChI is InChI=1S/C20H23ClN2O4/c21-14-1-3-16(4-2-14)27-13-20(25)23-9-6-19-17(7-10-26-19)18(23)12-22-8-5-15(24)11-22/h1-4,7,10,15,18,24H,5-6,8-9,11-13H2. The van der Waals surface area contributed by atoms with Crippen molar-refractivity contribution in [1.82, 2.24) is 9.80 Å². The van der Waals surface area contributed by atoms with E-state index in [9.17, 15) is 9.90 Å². The quantitative estimate of drug-likeness (QED) is 0.849. The molecule has 2 unspecified atom stereocenters. The highest BCUT2D eigenvalue weighted by Crippen LogP contribution is 2.32. The van der Waals surface area contributed by atoms with Crippen LogP contribution in [0.25, 0.3) is 0 Å². The molecular formula is C20H23ClN2O4. The maximum atomic E-state index is 12.9. The molecule has 2 aliphatic heterocycles. The van der Waals surface area contributed by atoms with E-state index in [-0.39, 0.29) is 24.7 Å². The molecule has 1 aromatic heterocycles. The average molecular weight is 391 g/mol. The average Bonchev–Trinajstić information content (AvgIpc) is 3.30. The first-order valence-electron chi connectivity index (χ1n) is 9.24. The summed E-state index contributed by atoms with van der Waals surface area (Å²) in [5.74, 6) is 1.51. The molecule has 0 radical (unpaired) electrons. The fraction of sp³-hybridized carbons (Fsp3) is 0.450. The molecule has 3 heterocycles. The van der Waals surface area contributed by atoms with E-state index < -0.39 is 0 Å². The van der Waals surface area contributed by atoms with Gasteiger partial charge in [-0.05, 0) is 36.8 Å². The van der Waals surface area contributed by atoms with Crippen molar-refractivity contribution < 1.29 is 19.1 Å². The number of furan rings is 1. The number of aliphatic hydroxyl groups is 1. The number of hydrogen-bond acceptors (Lipinski definition) is 5. The van der Waals surface area contributed by atoms with Gasteiger partial charge in [0.2, 0.25) is 0 Å². The van der Waals surface area contributed by atoms with Gasteiger partial charge in [-0.1, -0.05) is 11.6 Å². The van der Waals surface area contributed by atoms with Crippen molar-refractivity contribution in [1.29, 1.82) is 0 Å². The summed E-state index contributed by atoms with van der Waals surface area (Å²) in [6.07, 6.45) is 2.89. The number of aliphatic hydroxyl groups excluding tert-OH is 1. The van der Waals surface area contributed by atoms with E-state index in [1.807, 2.05) is 11.0 Å². The topological polar surface area (TPSA) is 66.2 Å². The van der Waals surface area contributed by atoms with E-state index in [4.69, 9.17) is 20.8 Å². The third-order valence-electron chi connectivity index (χ3n) is 5.27. The van der Waals surface area contributed by atoms with Gasteiger partial charge >= 0.3 is 0 Å². The van der Waals surface area contributed by atoms with Crippen molar-refractivity contribution in [2.45, 2.75) is 25.0 Å². The van der Waals surface area contributed by atoms with Crippen LogP contribution in [0, 0.1) is 0 Å². The maximum absolute atomic E-state index is 12.9. The van der Waals surface area contributed by atoms with Crippen molar-refractivity contribution in [3.8, 4) is 5.75 Å². The summed E-state index contributed by atoms with van der Waals surface area (Å²) in [7, 11) is 0. The van der Waals surface area contributed by atoms with Crippen LogP contribution in [0.2, 0.25) is 5.02 Å². The van der Waals surface area contributed by atoms with Gasteiger partial charge in [0.15, 0.2) is 6.61 Å². The molecular weight excluding hydrogens is 368 g/mol. The molecule has 0 spiro atoms. The Balaban J connectivity index is 1.45. The van der Waals surface area contributed by atoms with Crippen LogP contribution in [-0.4, -0.2) is 59.7 Å². The third kappa shape index (κ3) is 4.13. The molecule has 4 rings (SSSR count). The molecule has 6 nitrogen and oxygen atoms in total. The largest absolute Gasteiger partial charge is 0.484 e.